The highest BCUT2D eigenvalue weighted by Crippen LogP contribution is 2.38. The highest BCUT2D eigenvalue weighted by atomic mass is 35.5. The van der Waals surface area contributed by atoms with E-state index in [9.17, 15) is 8.42 Å². The summed E-state index contributed by atoms with van der Waals surface area (Å²) in [5.74, 6) is -0.0352. The van der Waals surface area contributed by atoms with Crippen LogP contribution in [0.3, 0.4) is 0 Å². The molecule has 1 aliphatic heterocycles. The summed E-state index contributed by atoms with van der Waals surface area (Å²) in [7, 11) is -1.66. The van der Waals surface area contributed by atoms with E-state index >= 15 is 0 Å². The molecule has 0 aromatic heterocycles. The molecule has 1 aliphatic rings. The molecular weight excluding hydrogens is 473 g/mol. The standard InChI is InChI=1S/C22H29Cl2N3O4S/c1-27-14-20(19-12-17(23)13-22(24)21(19)15-27)16-3-2-4-18(11-16)32(28,29)26-6-8-31-10-9-30-7-5-25/h2-4,11-13,20,26H,5-10,14-15,25H2,1H3/t20-/m1/s1. The van der Waals surface area contributed by atoms with Crippen LogP contribution in [0, 0.1) is 0 Å². The van der Waals surface area contributed by atoms with Crippen molar-refractivity contribution in [3.05, 3.63) is 63.1 Å². The fourth-order valence-electron chi connectivity index (χ4n) is 3.77. The zero-order valence-corrected chi connectivity index (χ0v) is 20.3. The first kappa shape index (κ1) is 25.4. The largest absolute Gasteiger partial charge is 0.378 e. The van der Waals surface area contributed by atoms with E-state index < -0.39 is 10.0 Å². The Bertz CT molecular complexity index is 1020. The lowest BCUT2D eigenvalue weighted by Gasteiger charge is -2.33. The van der Waals surface area contributed by atoms with Gasteiger partial charge < -0.3 is 20.1 Å². The fourth-order valence-corrected chi connectivity index (χ4v) is 5.40. The van der Waals surface area contributed by atoms with Crippen molar-refractivity contribution >= 4 is 33.2 Å². The van der Waals surface area contributed by atoms with Gasteiger partial charge in [0, 0.05) is 42.1 Å². The molecule has 0 aliphatic carbocycles. The highest BCUT2D eigenvalue weighted by Gasteiger charge is 2.28. The maximum Gasteiger partial charge on any atom is 0.240 e. The van der Waals surface area contributed by atoms with Gasteiger partial charge in [-0.2, -0.15) is 0 Å². The third-order valence-electron chi connectivity index (χ3n) is 5.24. The van der Waals surface area contributed by atoms with Gasteiger partial charge in [0.2, 0.25) is 10.0 Å². The van der Waals surface area contributed by atoms with Crippen molar-refractivity contribution in [1.82, 2.24) is 9.62 Å². The minimum atomic E-state index is -3.67. The summed E-state index contributed by atoms with van der Waals surface area (Å²) in [6, 6.07) is 10.7. The molecule has 32 heavy (non-hydrogen) atoms. The van der Waals surface area contributed by atoms with Crippen LogP contribution in [0.2, 0.25) is 10.0 Å². The summed E-state index contributed by atoms with van der Waals surface area (Å²) in [5, 5.41) is 1.20. The third-order valence-corrected chi connectivity index (χ3v) is 7.25. The van der Waals surface area contributed by atoms with Crippen LogP contribution in [-0.2, 0) is 26.0 Å². The second-order valence-corrected chi connectivity index (χ2v) is 10.3. The molecule has 1 atom stereocenters. The van der Waals surface area contributed by atoms with Gasteiger partial charge >= 0.3 is 0 Å². The van der Waals surface area contributed by atoms with E-state index in [2.05, 4.69) is 9.62 Å². The quantitative estimate of drug-likeness (QED) is 0.459. The molecule has 0 spiro atoms. The van der Waals surface area contributed by atoms with Gasteiger partial charge in [-0.25, -0.2) is 13.1 Å². The first-order chi connectivity index (χ1) is 15.3. The van der Waals surface area contributed by atoms with Crippen LogP contribution in [0.5, 0.6) is 0 Å². The first-order valence-corrected chi connectivity index (χ1v) is 12.7. The molecule has 2 aromatic rings. The van der Waals surface area contributed by atoms with E-state index in [1.807, 2.05) is 19.2 Å². The minimum Gasteiger partial charge on any atom is -0.378 e. The summed E-state index contributed by atoms with van der Waals surface area (Å²) in [6.07, 6.45) is 0. The molecule has 0 unspecified atom stereocenters. The topological polar surface area (TPSA) is 93.9 Å². The number of hydrogen-bond acceptors (Lipinski definition) is 6. The zero-order chi connectivity index (χ0) is 23.1. The van der Waals surface area contributed by atoms with Crippen molar-refractivity contribution < 1.29 is 17.9 Å². The monoisotopic (exact) mass is 501 g/mol. The number of likely N-dealkylation sites (N-methyl/N-ethyl adjacent to an activating group) is 1. The molecule has 1 heterocycles. The van der Waals surface area contributed by atoms with Crippen LogP contribution < -0.4 is 10.5 Å². The predicted octanol–water partition coefficient (Wildman–Crippen LogP) is 2.84. The van der Waals surface area contributed by atoms with Crippen molar-refractivity contribution in [1.29, 1.82) is 0 Å². The number of ether oxygens (including phenoxy) is 2. The number of nitrogens with zero attached hydrogens (tertiary/aromatic N) is 1. The molecule has 0 fully saturated rings. The number of sulfonamides is 1. The first-order valence-electron chi connectivity index (χ1n) is 10.4. The SMILES string of the molecule is CN1Cc2c(Cl)cc(Cl)cc2[C@@H](c2cccc(S(=O)(=O)NCCOCCOCCN)c2)C1. The average molecular weight is 502 g/mol. The van der Waals surface area contributed by atoms with E-state index in [1.165, 1.54) is 0 Å². The lowest BCUT2D eigenvalue weighted by Crippen LogP contribution is -2.31. The summed E-state index contributed by atoms with van der Waals surface area (Å²) in [5.41, 5.74) is 8.29. The molecule has 2 aromatic carbocycles. The Morgan fingerprint density at radius 3 is 2.62 bits per heavy atom. The third kappa shape index (κ3) is 6.65. The lowest BCUT2D eigenvalue weighted by atomic mass is 9.85. The van der Waals surface area contributed by atoms with Crippen molar-refractivity contribution in [3.63, 3.8) is 0 Å². The molecule has 0 saturated carbocycles. The molecule has 7 nitrogen and oxygen atoms in total. The van der Waals surface area contributed by atoms with E-state index in [0.717, 1.165) is 29.8 Å². The van der Waals surface area contributed by atoms with Crippen LogP contribution in [0.4, 0.5) is 0 Å². The van der Waals surface area contributed by atoms with Crippen molar-refractivity contribution in [3.8, 4) is 0 Å². The number of benzene rings is 2. The molecular formula is C22H29Cl2N3O4S. The Balaban J connectivity index is 1.69. The van der Waals surface area contributed by atoms with Crippen LogP contribution in [0.25, 0.3) is 0 Å². The van der Waals surface area contributed by atoms with E-state index in [0.29, 0.717) is 36.4 Å². The Morgan fingerprint density at radius 1 is 1.12 bits per heavy atom. The van der Waals surface area contributed by atoms with Crippen LogP contribution in [0.1, 0.15) is 22.6 Å². The Morgan fingerprint density at radius 2 is 1.88 bits per heavy atom. The molecule has 3 N–H and O–H groups in total. The fraction of sp³-hybridized carbons (Fsp3) is 0.455. The normalized spacial score (nSPS) is 16.8. The summed E-state index contributed by atoms with van der Waals surface area (Å²) >= 11 is 12.7. The smallest absolute Gasteiger partial charge is 0.240 e. The van der Waals surface area contributed by atoms with E-state index in [4.69, 9.17) is 38.4 Å². The Hall–Kier alpha value is -1.23. The molecule has 176 valence electrons. The maximum atomic E-state index is 12.8. The second-order valence-electron chi connectivity index (χ2n) is 7.69. The summed E-state index contributed by atoms with van der Waals surface area (Å²) < 4.78 is 38.8. The lowest BCUT2D eigenvalue weighted by molar-refractivity contribution is 0.0530. The number of nitrogens with one attached hydrogen (secondary N) is 1. The van der Waals surface area contributed by atoms with Gasteiger partial charge in [0.05, 0.1) is 31.3 Å². The van der Waals surface area contributed by atoms with Gasteiger partial charge in [-0.1, -0.05) is 35.3 Å². The molecule has 0 saturated heterocycles. The van der Waals surface area contributed by atoms with Crippen molar-refractivity contribution in [2.24, 2.45) is 5.73 Å². The van der Waals surface area contributed by atoms with Gasteiger partial charge in [-0.3, -0.25) is 0 Å². The van der Waals surface area contributed by atoms with Crippen molar-refractivity contribution in [2.45, 2.75) is 17.4 Å². The van der Waals surface area contributed by atoms with Crippen LogP contribution in [0.15, 0.2) is 41.3 Å². The Labute approximate surface area is 199 Å². The van der Waals surface area contributed by atoms with E-state index in [1.54, 1.807) is 24.3 Å². The average Bonchev–Trinajstić information content (AvgIpc) is 2.76. The Kier molecular flexibility index (Phi) is 9.33. The molecule has 0 amide bonds. The number of rotatable bonds is 11. The van der Waals surface area contributed by atoms with Gasteiger partial charge in [0.25, 0.3) is 0 Å². The molecule has 10 heteroatoms. The number of halogens is 2. The summed E-state index contributed by atoms with van der Waals surface area (Å²) in [4.78, 5) is 2.38. The van der Waals surface area contributed by atoms with Gasteiger partial charge in [0.1, 0.15) is 0 Å². The highest BCUT2D eigenvalue weighted by molar-refractivity contribution is 7.89. The zero-order valence-electron chi connectivity index (χ0n) is 18.0. The molecule has 0 radical (unpaired) electrons. The number of nitrogens with two attached hydrogens (primary N) is 1. The summed E-state index contributed by atoms with van der Waals surface area (Å²) in [6.45, 7) is 3.63. The number of fused-ring (bicyclic) bond motifs is 1. The van der Waals surface area contributed by atoms with Gasteiger partial charge in [-0.15, -0.1) is 0 Å². The van der Waals surface area contributed by atoms with Gasteiger partial charge in [0.15, 0.2) is 0 Å². The minimum absolute atomic E-state index is 0.0352. The maximum absolute atomic E-state index is 12.8. The van der Waals surface area contributed by atoms with Crippen LogP contribution >= 0.6 is 23.2 Å². The van der Waals surface area contributed by atoms with Crippen LogP contribution in [-0.4, -0.2) is 66.4 Å². The number of hydrogen-bond donors (Lipinski definition) is 2. The van der Waals surface area contributed by atoms with Gasteiger partial charge in [-0.05, 0) is 48.0 Å². The molecule has 0 bridgehead atoms. The predicted molar refractivity (Wildman–Crippen MR) is 127 cm³/mol. The molecule has 3 rings (SSSR count). The second kappa shape index (κ2) is 11.8. The van der Waals surface area contributed by atoms with E-state index in [-0.39, 0.29) is 24.0 Å². The van der Waals surface area contributed by atoms with Crippen molar-refractivity contribution in [2.75, 3.05) is 53.1 Å².